The van der Waals surface area contributed by atoms with Gasteiger partial charge in [-0.05, 0) is 19.4 Å². The van der Waals surface area contributed by atoms with Gasteiger partial charge in [-0.25, -0.2) is 0 Å². The summed E-state index contributed by atoms with van der Waals surface area (Å²) in [6.07, 6.45) is 0.00454. The van der Waals surface area contributed by atoms with Crippen LogP contribution in [-0.4, -0.2) is 41.5 Å². The van der Waals surface area contributed by atoms with E-state index in [2.05, 4.69) is 10.0 Å². The highest BCUT2D eigenvalue weighted by Crippen LogP contribution is 2.35. The fourth-order valence-electron chi connectivity index (χ4n) is 2.10. The number of hydrogen-bond acceptors (Lipinski definition) is 5. The number of ketones is 1. The Morgan fingerprint density at radius 1 is 1.59 bits per heavy atom. The first kappa shape index (κ1) is 12.1. The maximum absolute atomic E-state index is 11.9. The normalized spacial score (nSPS) is 34.9. The Hall–Kier alpha value is -1.40. The molecule has 0 spiro atoms. The van der Waals surface area contributed by atoms with E-state index in [9.17, 15) is 4.79 Å². The van der Waals surface area contributed by atoms with Gasteiger partial charge in [0.1, 0.15) is 6.10 Å². The highest BCUT2D eigenvalue weighted by Gasteiger charge is 2.50. The lowest BCUT2D eigenvalue weighted by Gasteiger charge is -2.25. The molecule has 0 amide bonds. The van der Waals surface area contributed by atoms with Gasteiger partial charge in [0.15, 0.2) is 17.7 Å². The molecule has 7 nitrogen and oxygen atoms in total. The Kier molecular flexibility index (Phi) is 2.92. The molecule has 1 aliphatic carbocycles. The molecule has 3 atom stereocenters. The molecule has 0 aromatic carbocycles. The zero-order valence-corrected chi connectivity index (χ0v) is 9.53. The number of aliphatic hydroxyl groups excluding tert-OH is 1. The van der Waals surface area contributed by atoms with Crippen LogP contribution in [0.15, 0.2) is 16.8 Å². The minimum atomic E-state index is -0.896. The van der Waals surface area contributed by atoms with E-state index in [0.29, 0.717) is 0 Å². The number of nitrogens with zero attached hydrogens (tertiary/aromatic N) is 3. The minimum absolute atomic E-state index is 0.199. The summed E-state index contributed by atoms with van der Waals surface area (Å²) in [5, 5.41) is 12.6. The minimum Gasteiger partial charge on any atom is -0.392 e. The van der Waals surface area contributed by atoms with Gasteiger partial charge in [0.25, 0.3) is 0 Å². The van der Waals surface area contributed by atoms with Gasteiger partial charge in [0.2, 0.25) is 0 Å². The van der Waals surface area contributed by atoms with E-state index in [1.807, 2.05) is 0 Å². The molecule has 7 heteroatoms. The Morgan fingerprint density at radius 3 is 2.88 bits per heavy atom. The number of azide groups is 1. The molecule has 2 rings (SSSR count). The van der Waals surface area contributed by atoms with E-state index in [4.69, 9.17) is 20.1 Å². The van der Waals surface area contributed by atoms with Gasteiger partial charge in [-0.3, -0.25) is 4.79 Å². The van der Waals surface area contributed by atoms with Crippen molar-refractivity contribution in [2.75, 3.05) is 6.61 Å². The average molecular weight is 239 g/mol. The highest BCUT2D eigenvalue weighted by atomic mass is 16.8. The monoisotopic (exact) mass is 239 g/mol. The molecule has 1 saturated heterocycles. The van der Waals surface area contributed by atoms with Crippen molar-refractivity contribution in [1.82, 2.24) is 0 Å². The van der Waals surface area contributed by atoms with Crippen molar-refractivity contribution in [3.05, 3.63) is 22.1 Å². The van der Waals surface area contributed by atoms with Crippen molar-refractivity contribution in [1.29, 1.82) is 0 Å². The molecule has 1 heterocycles. The van der Waals surface area contributed by atoms with Gasteiger partial charge in [0, 0.05) is 10.5 Å². The van der Waals surface area contributed by atoms with Crippen molar-refractivity contribution >= 4 is 5.78 Å². The molecule has 0 bridgehead atoms. The summed E-state index contributed by atoms with van der Waals surface area (Å²) in [4.78, 5) is 14.6. The number of ether oxygens (including phenoxy) is 2. The molecule has 0 unspecified atom stereocenters. The largest absolute Gasteiger partial charge is 0.392 e. The Balaban J connectivity index is 2.37. The van der Waals surface area contributed by atoms with Crippen LogP contribution in [0.3, 0.4) is 0 Å². The van der Waals surface area contributed by atoms with E-state index in [0.717, 1.165) is 0 Å². The molecule has 0 aromatic heterocycles. The lowest BCUT2D eigenvalue weighted by Crippen LogP contribution is -2.43. The van der Waals surface area contributed by atoms with Crippen LogP contribution in [0.4, 0.5) is 0 Å². The molecule has 17 heavy (non-hydrogen) atoms. The molecule has 1 fully saturated rings. The third-order valence-electron chi connectivity index (χ3n) is 2.77. The number of carbonyl (C=O) groups is 1. The second kappa shape index (κ2) is 4.12. The summed E-state index contributed by atoms with van der Waals surface area (Å²) in [7, 11) is 0. The first-order valence-corrected chi connectivity index (χ1v) is 5.24. The van der Waals surface area contributed by atoms with Gasteiger partial charge < -0.3 is 14.6 Å². The van der Waals surface area contributed by atoms with Gasteiger partial charge in [0.05, 0.1) is 12.6 Å². The van der Waals surface area contributed by atoms with Gasteiger partial charge in [-0.1, -0.05) is 11.2 Å². The number of Topliss-reactive ketones (excluding diaryl/α,β-unsaturated/α-hetero) is 1. The van der Waals surface area contributed by atoms with Crippen LogP contribution in [0.25, 0.3) is 10.4 Å². The average Bonchev–Trinajstić information content (AvgIpc) is 2.59. The third kappa shape index (κ3) is 2.05. The molecule has 0 aromatic rings. The maximum Gasteiger partial charge on any atom is 0.192 e. The van der Waals surface area contributed by atoms with Crippen LogP contribution in [-0.2, 0) is 14.3 Å². The summed E-state index contributed by atoms with van der Waals surface area (Å²) in [6.45, 7) is 2.97. The van der Waals surface area contributed by atoms with E-state index >= 15 is 0 Å². The van der Waals surface area contributed by atoms with Gasteiger partial charge in [-0.2, -0.15) is 0 Å². The van der Waals surface area contributed by atoms with Crippen LogP contribution < -0.4 is 0 Å². The fraction of sp³-hybridized carbons (Fsp3) is 0.700. The van der Waals surface area contributed by atoms with E-state index in [1.54, 1.807) is 13.8 Å². The first-order valence-electron chi connectivity index (χ1n) is 5.24. The van der Waals surface area contributed by atoms with Crippen molar-refractivity contribution in [2.45, 2.75) is 37.9 Å². The SMILES string of the molecule is CC1(C)O[C@H]2[C@@H](N=[N+]=[N-])C=C(CO)C(=O)[C@@H]2O1. The van der Waals surface area contributed by atoms with Crippen molar-refractivity contribution in [2.24, 2.45) is 5.11 Å². The third-order valence-corrected chi connectivity index (χ3v) is 2.77. The highest BCUT2D eigenvalue weighted by molar-refractivity contribution is 6.01. The lowest BCUT2D eigenvalue weighted by molar-refractivity contribution is -0.153. The predicted molar refractivity (Wildman–Crippen MR) is 56.9 cm³/mol. The van der Waals surface area contributed by atoms with Crippen molar-refractivity contribution in [3.63, 3.8) is 0 Å². The van der Waals surface area contributed by atoms with E-state index in [-0.39, 0.29) is 11.4 Å². The van der Waals surface area contributed by atoms with Gasteiger partial charge in [-0.15, -0.1) is 0 Å². The molecule has 92 valence electrons. The standard InChI is InChI=1S/C10H13N3O4/c1-10(2)16-8-6(12-13-11)3-5(4-14)7(15)9(8)17-10/h3,6,8-9,14H,4H2,1-2H3/t6-,8-,9-/m0/s1. The van der Waals surface area contributed by atoms with Crippen LogP contribution in [0.1, 0.15) is 13.8 Å². The first-order chi connectivity index (χ1) is 7.98. The Labute approximate surface area is 97.6 Å². The topological polar surface area (TPSA) is 105 Å². The molecule has 0 radical (unpaired) electrons. The smallest absolute Gasteiger partial charge is 0.192 e. The summed E-state index contributed by atoms with van der Waals surface area (Å²) >= 11 is 0. The molecule has 1 aliphatic heterocycles. The van der Waals surface area contributed by atoms with Crippen LogP contribution in [0.2, 0.25) is 0 Å². The Bertz CT molecular complexity index is 425. The second-order valence-corrected chi connectivity index (χ2v) is 4.43. The maximum atomic E-state index is 11.9. The number of fused-ring (bicyclic) bond motifs is 1. The summed E-state index contributed by atoms with van der Waals surface area (Å²) in [5.74, 6) is -1.21. The zero-order chi connectivity index (χ0) is 12.6. The predicted octanol–water partition coefficient (Wildman–Crippen LogP) is 0.687. The molecule has 2 aliphatic rings. The van der Waals surface area contributed by atoms with E-state index < -0.39 is 30.6 Å². The molecular weight excluding hydrogens is 226 g/mol. The summed E-state index contributed by atoms with van der Waals surface area (Å²) in [5.41, 5.74) is 8.68. The van der Waals surface area contributed by atoms with Gasteiger partial charge >= 0.3 is 0 Å². The number of hydrogen-bond donors (Lipinski definition) is 1. The number of rotatable bonds is 2. The van der Waals surface area contributed by atoms with Crippen molar-refractivity contribution < 1.29 is 19.4 Å². The number of carbonyl (C=O) groups excluding carboxylic acids is 1. The Morgan fingerprint density at radius 2 is 2.29 bits per heavy atom. The zero-order valence-electron chi connectivity index (χ0n) is 9.53. The number of aliphatic hydroxyl groups is 1. The van der Waals surface area contributed by atoms with Crippen LogP contribution in [0, 0.1) is 0 Å². The van der Waals surface area contributed by atoms with Crippen LogP contribution in [0.5, 0.6) is 0 Å². The molecule has 0 saturated carbocycles. The second-order valence-electron chi connectivity index (χ2n) is 4.43. The molecular formula is C10H13N3O4. The summed E-state index contributed by atoms with van der Waals surface area (Å²) < 4.78 is 11.0. The summed E-state index contributed by atoms with van der Waals surface area (Å²) in [6, 6.07) is -0.633. The van der Waals surface area contributed by atoms with Crippen molar-refractivity contribution in [3.8, 4) is 0 Å². The fourth-order valence-corrected chi connectivity index (χ4v) is 2.10. The van der Waals surface area contributed by atoms with Crippen LogP contribution >= 0.6 is 0 Å². The quantitative estimate of drug-likeness (QED) is 0.434. The van der Waals surface area contributed by atoms with E-state index in [1.165, 1.54) is 6.08 Å². The molecule has 1 N–H and O–H groups in total. The lowest BCUT2D eigenvalue weighted by atomic mass is 9.90.